The first-order valence-corrected chi connectivity index (χ1v) is 4.69. The molecule has 0 unspecified atom stereocenters. The van der Waals surface area contributed by atoms with E-state index in [0.717, 1.165) is 5.56 Å². The molecule has 0 aliphatic carbocycles. The molecule has 0 saturated carbocycles. The Morgan fingerprint density at radius 1 is 1.20 bits per heavy atom. The molecule has 0 aromatic carbocycles. The summed E-state index contributed by atoms with van der Waals surface area (Å²) in [6.45, 7) is 0.676. The Morgan fingerprint density at radius 3 is 2.80 bits per heavy atom. The number of nitrogens with zero attached hydrogens (tertiary/aromatic N) is 2. The maximum Gasteiger partial charge on any atom is 0.149 e. The predicted octanol–water partition coefficient (Wildman–Crippen LogP) is 1.67. The summed E-state index contributed by atoms with van der Waals surface area (Å²) in [5.74, 6) is 0.710. The first kappa shape index (κ1) is 9.45. The van der Waals surface area contributed by atoms with Gasteiger partial charge in [0, 0.05) is 25.1 Å². The Morgan fingerprint density at radius 2 is 2.07 bits per heavy atom. The highest BCUT2D eigenvalue weighted by Gasteiger charge is 1.98. The number of rotatable bonds is 3. The SMILES string of the molecule is Nc1cccnc1NCc1cccnc1. The third kappa shape index (κ3) is 2.43. The largest absolute Gasteiger partial charge is 0.396 e. The predicted molar refractivity (Wildman–Crippen MR) is 60.2 cm³/mol. The number of aromatic nitrogens is 2. The van der Waals surface area contributed by atoms with Crippen LogP contribution in [0, 0.1) is 0 Å². The summed E-state index contributed by atoms with van der Waals surface area (Å²) in [5, 5.41) is 3.15. The Hall–Kier alpha value is -2.10. The van der Waals surface area contributed by atoms with Crippen LogP contribution in [0.1, 0.15) is 5.56 Å². The van der Waals surface area contributed by atoms with Gasteiger partial charge in [-0.05, 0) is 23.8 Å². The van der Waals surface area contributed by atoms with Gasteiger partial charge in [-0.2, -0.15) is 0 Å². The first-order chi connectivity index (χ1) is 7.36. The molecule has 2 aromatic rings. The average Bonchev–Trinajstić information content (AvgIpc) is 2.29. The minimum Gasteiger partial charge on any atom is -0.396 e. The molecule has 0 radical (unpaired) electrons. The van der Waals surface area contributed by atoms with E-state index in [-0.39, 0.29) is 0 Å². The van der Waals surface area contributed by atoms with E-state index in [1.807, 2.05) is 30.5 Å². The lowest BCUT2D eigenvalue weighted by Gasteiger charge is -2.06. The molecule has 0 aliphatic rings. The molecule has 2 aromatic heterocycles. The zero-order valence-electron chi connectivity index (χ0n) is 8.22. The topological polar surface area (TPSA) is 63.8 Å². The Bertz CT molecular complexity index is 428. The number of hydrogen-bond acceptors (Lipinski definition) is 4. The molecule has 0 spiro atoms. The summed E-state index contributed by atoms with van der Waals surface area (Å²) in [6, 6.07) is 7.53. The first-order valence-electron chi connectivity index (χ1n) is 4.69. The lowest BCUT2D eigenvalue weighted by molar-refractivity contribution is 1.09. The van der Waals surface area contributed by atoms with E-state index in [4.69, 9.17) is 5.73 Å². The molecule has 0 aliphatic heterocycles. The highest BCUT2D eigenvalue weighted by molar-refractivity contribution is 5.60. The fourth-order valence-electron chi connectivity index (χ4n) is 1.25. The second-order valence-corrected chi connectivity index (χ2v) is 3.16. The fraction of sp³-hybridized carbons (Fsp3) is 0.0909. The maximum absolute atomic E-state index is 5.74. The number of pyridine rings is 2. The molecule has 2 rings (SSSR count). The Balaban J connectivity index is 2.03. The summed E-state index contributed by atoms with van der Waals surface area (Å²) >= 11 is 0. The van der Waals surface area contributed by atoms with Crippen LogP contribution in [0.25, 0.3) is 0 Å². The number of nitrogen functional groups attached to an aromatic ring is 1. The van der Waals surface area contributed by atoms with Crippen LogP contribution in [0.15, 0.2) is 42.9 Å². The van der Waals surface area contributed by atoms with Gasteiger partial charge in [0.05, 0.1) is 5.69 Å². The summed E-state index contributed by atoms with van der Waals surface area (Å²) in [6.07, 6.45) is 5.27. The van der Waals surface area contributed by atoms with Gasteiger partial charge in [-0.25, -0.2) is 4.98 Å². The summed E-state index contributed by atoms with van der Waals surface area (Å²) in [5.41, 5.74) is 7.50. The third-order valence-electron chi connectivity index (χ3n) is 2.02. The van der Waals surface area contributed by atoms with Crippen molar-refractivity contribution in [2.45, 2.75) is 6.54 Å². The lowest BCUT2D eigenvalue weighted by Crippen LogP contribution is -2.04. The zero-order valence-corrected chi connectivity index (χ0v) is 8.22. The third-order valence-corrected chi connectivity index (χ3v) is 2.02. The average molecular weight is 200 g/mol. The molecule has 0 bridgehead atoms. The van der Waals surface area contributed by atoms with Crippen molar-refractivity contribution in [1.29, 1.82) is 0 Å². The van der Waals surface area contributed by atoms with Crippen molar-refractivity contribution < 1.29 is 0 Å². The van der Waals surface area contributed by atoms with Crippen LogP contribution in [-0.2, 0) is 6.54 Å². The molecule has 0 saturated heterocycles. The van der Waals surface area contributed by atoms with E-state index in [0.29, 0.717) is 18.1 Å². The van der Waals surface area contributed by atoms with E-state index in [1.165, 1.54) is 0 Å². The highest BCUT2D eigenvalue weighted by atomic mass is 15.0. The molecule has 0 atom stereocenters. The van der Waals surface area contributed by atoms with Gasteiger partial charge in [-0.3, -0.25) is 4.98 Å². The standard InChI is InChI=1S/C11H12N4/c12-10-4-2-6-14-11(10)15-8-9-3-1-5-13-7-9/h1-7H,8,12H2,(H,14,15). The molecule has 76 valence electrons. The van der Waals surface area contributed by atoms with Crippen LogP contribution in [0.5, 0.6) is 0 Å². The Labute approximate surface area is 88.2 Å². The summed E-state index contributed by atoms with van der Waals surface area (Å²) < 4.78 is 0. The smallest absolute Gasteiger partial charge is 0.149 e. The second-order valence-electron chi connectivity index (χ2n) is 3.16. The quantitative estimate of drug-likeness (QED) is 0.791. The minimum atomic E-state index is 0.654. The molecular formula is C11H12N4. The van der Waals surface area contributed by atoms with E-state index in [2.05, 4.69) is 15.3 Å². The van der Waals surface area contributed by atoms with Crippen molar-refractivity contribution in [1.82, 2.24) is 9.97 Å². The zero-order chi connectivity index (χ0) is 10.5. The molecular weight excluding hydrogens is 188 g/mol. The van der Waals surface area contributed by atoms with Crippen LogP contribution >= 0.6 is 0 Å². The highest BCUT2D eigenvalue weighted by Crippen LogP contribution is 2.13. The van der Waals surface area contributed by atoms with Gasteiger partial charge in [0.2, 0.25) is 0 Å². The van der Waals surface area contributed by atoms with Crippen molar-refractivity contribution in [2.75, 3.05) is 11.1 Å². The lowest BCUT2D eigenvalue weighted by atomic mass is 10.3. The van der Waals surface area contributed by atoms with Crippen LogP contribution in [0.4, 0.5) is 11.5 Å². The molecule has 4 nitrogen and oxygen atoms in total. The van der Waals surface area contributed by atoms with Crippen LogP contribution in [-0.4, -0.2) is 9.97 Å². The number of hydrogen-bond donors (Lipinski definition) is 2. The fourth-order valence-corrected chi connectivity index (χ4v) is 1.25. The van der Waals surface area contributed by atoms with Gasteiger partial charge in [-0.1, -0.05) is 6.07 Å². The molecule has 0 amide bonds. The monoisotopic (exact) mass is 200 g/mol. The van der Waals surface area contributed by atoms with E-state index in [1.54, 1.807) is 12.4 Å². The van der Waals surface area contributed by atoms with E-state index >= 15 is 0 Å². The summed E-state index contributed by atoms with van der Waals surface area (Å²) in [7, 11) is 0. The molecule has 3 N–H and O–H groups in total. The van der Waals surface area contributed by atoms with Crippen molar-refractivity contribution in [3.63, 3.8) is 0 Å². The maximum atomic E-state index is 5.74. The van der Waals surface area contributed by atoms with Gasteiger partial charge in [0.15, 0.2) is 0 Å². The normalized spacial score (nSPS) is 9.87. The van der Waals surface area contributed by atoms with Crippen LogP contribution < -0.4 is 11.1 Å². The second kappa shape index (κ2) is 4.41. The van der Waals surface area contributed by atoms with Gasteiger partial charge < -0.3 is 11.1 Å². The van der Waals surface area contributed by atoms with Crippen LogP contribution in [0.2, 0.25) is 0 Å². The molecule has 15 heavy (non-hydrogen) atoms. The minimum absolute atomic E-state index is 0.654. The van der Waals surface area contributed by atoms with E-state index < -0.39 is 0 Å². The van der Waals surface area contributed by atoms with Crippen molar-refractivity contribution in [2.24, 2.45) is 0 Å². The molecule has 0 fully saturated rings. The van der Waals surface area contributed by atoms with Gasteiger partial charge >= 0.3 is 0 Å². The molecule has 4 heteroatoms. The van der Waals surface area contributed by atoms with Crippen molar-refractivity contribution >= 4 is 11.5 Å². The summed E-state index contributed by atoms with van der Waals surface area (Å²) in [4.78, 5) is 8.16. The van der Waals surface area contributed by atoms with Gasteiger partial charge in [0.25, 0.3) is 0 Å². The Kier molecular flexibility index (Phi) is 2.78. The van der Waals surface area contributed by atoms with Crippen molar-refractivity contribution in [3.05, 3.63) is 48.4 Å². The van der Waals surface area contributed by atoms with Crippen LogP contribution in [0.3, 0.4) is 0 Å². The van der Waals surface area contributed by atoms with Gasteiger partial charge in [-0.15, -0.1) is 0 Å². The number of nitrogens with one attached hydrogen (secondary N) is 1. The number of nitrogens with two attached hydrogens (primary N) is 1. The van der Waals surface area contributed by atoms with E-state index in [9.17, 15) is 0 Å². The van der Waals surface area contributed by atoms with Crippen molar-refractivity contribution in [3.8, 4) is 0 Å². The van der Waals surface area contributed by atoms with Gasteiger partial charge in [0.1, 0.15) is 5.82 Å². The number of anilines is 2. The molecule has 2 heterocycles.